The van der Waals surface area contributed by atoms with Crippen LogP contribution >= 0.6 is 0 Å². The molecule has 0 aliphatic carbocycles. The summed E-state index contributed by atoms with van der Waals surface area (Å²) in [5.41, 5.74) is 0. The lowest BCUT2D eigenvalue weighted by molar-refractivity contribution is -0.123. The predicted octanol–water partition coefficient (Wildman–Crippen LogP) is 12.1. The third-order valence-corrected chi connectivity index (χ3v) is 9.18. The second-order valence-electron chi connectivity index (χ2n) is 13.7. The van der Waals surface area contributed by atoms with Crippen molar-refractivity contribution in [3.05, 3.63) is 24.3 Å². The Balaban J connectivity index is 3.58. The lowest BCUT2D eigenvalue weighted by Gasteiger charge is -2.20. The predicted molar refractivity (Wildman–Crippen MR) is 198 cm³/mol. The minimum atomic E-state index is -0.839. The molecule has 0 fully saturated rings. The summed E-state index contributed by atoms with van der Waals surface area (Å²) in [7, 11) is 0. The number of hydrogen-bond donors (Lipinski definition) is 3. The van der Waals surface area contributed by atoms with Crippen molar-refractivity contribution in [1.29, 1.82) is 0 Å². The number of allylic oxidation sites excluding steroid dienone is 3. The first-order valence-corrected chi connectivity index (χ1v) is 20.1. The molecule has 0 spiro atoms. The molecule has 266 valence electrons. The highest BCUT2D eigenvalue weighted by molar-refractivity contribution is 5.76. The topological polar surface area (TPSA) is 69.6 Å². The van der Waals surface area contributed by atoms with Crippen LogP contribution in [0.2, 0.25) is 0 Å². The monoisotopic (exact) mass is 634 g/mol. The fraction of sp³-hybridized carbons (Fsp3) is 0.878. The number of rotatable bonds is 36. The maximum atomic E-state index is 12.3. The molecule has 3 N–H and O–H groups in total. The molecule has 2 unspecified atom stereocenters. The van der Waals surface area contributed by atoms with Crippen LogP contribution in [0.25, 0.3) is 0 Å². The van der Waals surface area contributed by atoms with Gasteiger partial charge in [0.25, 0.3) is 0 Å². The first-order valence-electron chi connectivity index (χ1n) is 20.1. The van der Waals surface area contributed by atoms with Gasteiger partial charge in [0.1, 0.15) is 0 Å². The van der Waals surface area contributed by atoms with Crippen molar-refractivity contribution < 1.29 is 15.0 Å². The lowest BCUT2D eigenvalue weighted by Crippen LogP contribution is -2.45. The molecule has 4 heteroatoms. The van der Waals surface area contributed by atoms with Crippen molar-refractivity contribution in [2.45, 2.75) is 225 Å². The molecule has 45 heavy (non-hydrogen) atoms. The Kier molecular flexibility index (Phi) is 36.4. The van der Waals surface area contributed by atoms with E-state index in [-0.39, 0.29) is 12.5 Å². The molecule has 0 heterocycles. The van der Waals surface area contributed by atoms with E-state index in [1.54, 1.807) is 6.08 Å². The first kappa shape index (κ1) is 43.9. The summed E-state index contributed by atoms with van der Waals surface area (Å²) in [6.07, 6.45) is 47.0. The van der Waals surface area contributed by atoms with Crippen LogP contribution in [0.15, 0.2) is 24.3 Å². The van der Waals surface area contributed by atoms with E-state index >= 15 is 0 Å². The lowest BCUT2D eigenvalue weighted by atomic mass is 10.0. The Morgan fingerprint density at radius 3 is 1.24 bits per heavy atom. The Morgan fingerprint density at radius 1 is 0.511 bits per heavy atom. The van der Waals surface area contributed by atoms with E-state index in [4.69, 9.17) is 0 Å². The molecule has 0 aromatic carbocycles. The van der Waals surface area contributed by atoms with Crippen LogP contribution in [0.5, 0.6) is 0 Å². The second-order valence-corrected chi connectivity index (χ2v) is 13.7. The van der Waals surface area contributed by atoms with Crippen molar-refractivity contribution in [3.8, 4) is 0 Å². The van der Waals surface area contributed by atoms with Crippen LogP contribution in [0.1, 0.15) is 213 Å². The highest BCUT2D eigenvalue weighted by atomic mass is 16.3. The van der Waals surface area contributed by atoms with E-state index in [0.29, 0.717) is 6.42 Å². The smallest absolute Gasteiger partial charge is 0.220 e. The Labute approximate surface area is 281 Å². The van der Waals surface area contributed by atoms with Gasteiger partial charge in [-0.25, -0.2) is 0 Å². The molecule has 1 amide bonds. The van der Waals surface area contributed by atoms with Crippen molar-refractivity contribution in [2.24, 2.45) is 0 Å². The molecule has 0 saturated carbocycles. The number of hydrogen-bond acceptors (Lipinski definition) is 3. The summed E-state index contributed by atoms with van der Waals surface area (Å²) >= 11 is 0. The van der Waals surface area contributed by atoms with Crippen LogP contribution in [-0.2, 0) is 4.79 Å². The number of unbranched alkanes of at least 4 members (excludes halogenated alkanes) is 27. The standard InChI is InChI=1S/C41H79NO3/c1-3-5-7-9-11-13-15-17-18-19-20-21-22-23-25-26-28-30-32-34-36-40(44)39(38-43)42-41(45)37-35-33-31-29-27-24-16-14-12-10-8-6-4-2/h14,16,34,36,39-40,43-44H,3-13,15,17-33,35,37-38H2,1-2H3,(H,42,45)/b16-14-,36-34+. The zero-order valence-corrected chi connectivity index (χ0v) is 30.4. The van der Waals surface area contributed by atoms with Gasteiger partial charge in [-0.1, -0.05) is 186 Å². The fourth-order valence-electron chi connectivity index (χ4n) is 6.05. The third-order valence-electron chi connectivity index (χ3n) is 9.18. The van der Waals surface area contributed by atoms with Crippen LogP contribution < -0.4 is 5.32 Å². The summed E-state index contributed by atoms with van der Waals surface area (Å²) in [6.45, 7) is 4.29. The molecular weight excluding hydrogens is 554 g/mol. The van der Waals surface area contributed by atoms with Crippen molar-refractivity contribution in [3.63, 3.8) is 0 Å². The molecule has 4 nitrogen and oxygen atoms in total. The van der Waals surface area contributed by atoms with Gasteiger partial charge < -0.3 is 15.5 Å². The number of carbonyl (C=O) groups is 1. The van der Waals surface area contributed by atoms with Gasteiger partial charge in [-0.3, -0.25) is 4.79 Å². The SMILES string of the molecule is CCCCCC/C=C\CCCCCCCC(=O)NC(CO)C(O)/C=C/CCCCCCCCCCCCCCCCCCCC. The maximum Gasteiger partial charge on any atom is 0.220 e. The van der Waals surface area contributed by atoms with Gasteiger partial charge in [-0.2, -0.15) is 0 Å². The molecule has 0 aromatic rings. The van der Waals surface area contributed by atoms with E-state index in [2.05, 4.69) is 31.3 Å². The fourth-order valence-corrected chi connectivity index (χ4v) is 6.05. The zero-order valence-electron chi connectivity index (χ0n) is 30.4. The van der Waals surface area contributed by atoms with Gasteiger partial charge >= 0.3 is 0 Å². The molecule has 0 radical (unpaired) electrons. The number of aliphatic hydroxyl groups excluding tert-OH is 2. The maximum absolute atomic E-state index is 12.3. The molecular formula is C41H79NO3. The minimum absolute atomic E-state index is 0.0731. The van der Waals surface area contributed by atoms with Gasteiger partial charge in [0.05, 0.1) is 18.8 Å². The Hall–Kier alpha value is -1.13. The second kappa shape index (κ2) is 37.3. The summed E-state index contributed by atoms with van der Waals surface area (Å²) in [6, 6.07) is -0.622. The quantitative estimate of drug-likeness (QED) is 0.0475. The molecule has 0 bridgehead atoms. The highest BCUT2D eigenvalue weighted by Gasteiger charge is 2.17. The number of amides is 1. The van der Waals surface area contributed by atoms with Crippen LogP contribution in [0.3, 0.4) is 0 Å². The summed E-state index contributed by atoms with van der Waals surface area (Å²) in [4.78, 5) is 12.3. The third kappa shape index (κ3) is 34.0. The molecule has 0 saturated heterocycles. The highest BCUT2D eigenvalue weighted by Crippen LogP contribution is 2.15. The van der Waals surface area contributed by atoms with Crippen LogP contribution in [0, 0.1) is 0 Å². The summed E-state index contributed by atoms with van der Waals surface area (Å²) < 4.78 is 0. The molecule has 0 aromatic heterocycles. The average Bonchev–Trinajstić information content (AvgIpc) is 3.04. The number of aliphatic hydroxyl groups is 2. The van der Waals surface area contributed by atoms with Crippen LogP contribution in [-0.4, -0.2) is 34.9 Å². The molecule has 0 rings (SSSR count). The van der Waals surface area contributed by atoms with E-state index in [1.165, 1.54) is 154 Å². The minimum Gasteiger partial charge on any atom is -0.394 e. The van der Waals surface area contributed by atoms with Gasteiger partial charge in [-0.05, 0) is 44.9 Å². The largest absolute Gasteiger partial charge is 0.394 e. The molecule has 0 aliphatic heterocycles. The Morgan fingerprint density at radius 2 is 0.844 bits per heavy atom. The summed E-state index contributed by atoms with van der Waals surface area (Å²) in [5.74, 6) is -0.0731. The number of carbonyl (C=O) groups excluding carboxylic acids is 1. The van der Waals surface area contributed by atoms with E-state index in [0.717, 1.165) is 38.5 Å². The van der Waals surface area contributed by atoms with Crippen molar-refractivity contribution >= 4 is 5.91 Å². The van der Waals surface area contributed by atoms with E-state index < -0.39 is 12.1 Å². The average molecular weight is 634 g/mol. The van der Waals surface area contributed by atoms with Crippen molar-refractivity contribution in [2.75, 3.05) is 6.61 Å². The molecule has 0 aliphatic rings. The number of nitrogens with one attached hydrogen (secondary N) is 1. The van der Waals surface area contributed by atoms with E-state index in [1.807, 2.05) is 6.08 Å². The zero-order chi connectivity index (χ0) is 32.9. The van der Waals surface area contributed by atoms with Gasteiger partial charge in [-0.15, -0.1) is 0 Å². The van der Waals surface area contributed by atoms with Crippen molar-refractivity contribution in [1.82, 2.24) is 5.32 Å². The first-order chi connectivity index (χ1) is 22.2. The molecule has 2 atom stereocenters. The Bertz CT molecular complexity index is 647. The van der Waals surface area contributed by atoms with E-state index in [9.17, 15) is 15.0 Å². The van der Waals surface area contributed by atoms with Gasteiger partial charge in [0.15, 0.2) is 0 Å². The summed E-state index contributed by atoms with van der Waals surface area (Å²) in [5, 5.41) is 22.9. The van der Waals surface area contributed by atoms with Crippen LogP contribution in [0.4, 0.5) is 0 Å². The van der Waals surface area contributed by atoms with Gasteiger partial charge in [0.2, 0.25) is 5.91 Å². The normalized spacial score (nSPS) is 13.2. The van der Waals surface area contributed by atoms with Gasteiger partial charge in [0, 0.05) is 6.42 Å².